The third kappa shape index (κ3) is 6.86. The first kappa shape index (κ1) is 26.9. The summed E-state index contributed by atoms with van der Waals surface area (Å²) < 4.78 is 0. The van der Waals surface area contributed by atoms with Crippen LogP contribution < -0.4 is 5.32 Å². The minimum absolute atomic E-state index is 0.0139. The van der Waals surface area contributed by atoms with Crippen molar-refractivity contribution in [3.8, 4) is 5.75 Å². The van der Waals surface area contributed by atoms with E-state index in [0.29, 0.717) is 31.5 Å². The van der Waals surface area contributed by atoms with Gasteiger partial charge in [0.2, 0.25) is 11.8 Å². The monoisotopic (exact) mass is 539 g/mol. The Bertz CT molecular complexity index is 1110. The zero-order valence-electron chi connectivity index (χ0n) is 21.9. The molecule has 2 aromatic rings. The number of likely N-dealkylation sites (tertiary alicyclic amines) is 2. The molecule has 0 saturated carbocycles. The molecule has 3 saturated heterocycles. The molecule has 1 atom stereocenters. The van der Waals surface area contributed by atoms with Crippen molar-refractivity contribution in [2.45, 2.75) is 38.3 Å². The minimum Gasteiger partial charge on any atom is -0.506 e. The second kappa shape index (κ2) is 12.5. The zero-order chi connectivity index (χ0) is 26.5. The topological polar surface area (TPSA) is 79.4 Å². The van der Waals surface area contributed by atoms with Crippen molar-refractivity contribution in [2.75, 3.05) is 57.8 Å². The molecule has 9 heteroatoms. The standard InChI is InChI=1S/C29H38ClN5O3/c30-26-17-24(7-8-27(26)36)31-29(38)23-9-14-33(19-23)20-28(37)35-13-4-12-34(21-35)25-10-15-32(16-11-25)18-22-5-2-1-3-6-22/h1-3,5-8,17,23,25,36H,4,9-16,18-21H2,(H,31,38). The lowest BCUT2D eigenvalue weighted by atomic mass is 10.0. The van der Waals surface area contributed by atoms with Crippen LogP contribution in [-0.2, 0) is 16.1 Å². The number of carbonyl (C=O) groups is 2. The molecule has 0 aliphatic carbocycles. The van der Waals surface area contributed by atoms with Crippen LogP contribution in [0.1, 0.15) is 31.2 Å². The highest BCUT2D eigenvalue weighted by Gasteiger charge is 2.33. The summed E-state index contributed by atoms with van der Waals surface area (Å²) in [6.07, 6.45) is 4.02. The molecule has 0 radical (unpaired) electrons. The van der Waals surface area contributed by atoms with Gasteiger partial charge in [-0.2, -0.15) is 0 Å². The van der Waals surface area contributed by atoms with Gasteiger partial charge in [-0.25, -0.2) is 0 Å². The molecule has 5 rings (SSSR count). The Hall–Kier alpha value is -2.65. The van der Waals surface area contributed by atoms with Crippen molar-refractivity contribution in [1.82, 2.24) is 19.6 Å². The van der Waals surface area contributed by atoms with Crippen LogP contribution >= 0.6 is 11.6 Å². The van der Waals surface area contributed by atoms with E-state index in [9.17, 15) is 14.7 Å². The summed E-state index contributed by atoms with van der Waals surface area (Å²) >= 11 is 5.95. The summed E-state index contributed by atoms with van der Waals surface area (Å²) in [5.41, 5.74) is 1.93. The molecule has 3 fully saturated rings. The highest BCUT2D eigenvalue weighted by atomic mass is 35.5. The molecular formula is C29H38ClN5O3. The predicted octanol–water partition coefficient (Wildman–Crippen LogP) is 3.46. The van der Waals surface area contributed by atoms with Crippen molar-refractivity contribution in [3.05, 3.63) is 59.1 Å². The summed E-state index contributed by atoms with van der Waals surface area (Å²) in [5, 5.41) is 12.7. The number of halogens is 1. The number of carbonyl (C=O) groups excluding carboxylic acids is 2. The maximum atomic E-state index is 13.2. The Labute approximate surface area is 230 Å². The van der Waals surface area contributed by atoms with E-state index >= 15 is 0 Å². The average molecular weight is 540 g/mol. The molecule has 38 heavy (non-hydrogen) atoms. The molecule has 3 heterocycles. The van der Waals surface area contributed by atoms with Crippen molar-refractivity contribution in [1.29, 1.82) is 0 Å². The fourth-order valence-electron chi connectivity index (χ4n) is 5.92. The van der Waals surface area contributed by atoms with Gasteiger partial charge in [0.15, 0.2) is 0 Å². The van der Waals surface area contributed by atoms with E-state index in [1.54, 1.807) is 12.1 Å². The van der Waals surface area contributed by atoms with Gasteiger partial charge in [0.1, 0.15) is 5.75 Å². The van der Waals surface area contributed by atoms with E-state index in [0.717, 1.165) is 65.0 Å². The van der Waals surface area contributed by atoms with Crippen molar-refractivity contribution >= 4 is 29.1 Å². The Morgan fingerprint density at radius 2 is 1.71 bits per heavy atom. The number of nitrogens with zero attached hydrogens (tertiary/aromatic N) is 4. The Morgan fingerprint density at radius 1 is 0.947 bits per heavy atom. The van der Waals surface area contributed by atoms with Gasteiger partial charge >= 0.3 is 0 Å². The number of phenolic OH excluding ortho intramolecular Hbond substituents is 1. The third-order valence-corrected chi connectivity index (χ3v) is 8.42. The molecule has 2 aromatic carbocycles. The number of benzene rings is 2. The van der Waals surface area contributed by atoms with Crippen LogP contribution in [0.5, 0.6) is 5.75 Å². The summed E-state index contributed by atoms with van der Waals surface area (Å²) in [6.45, 7) is 7.44. The van der Waals surface area contributed by atoms with Gasteiger partial charge in [-0.05, 0) is 69.1 Å². The van der Waals surface area contributed by atoms with E-state index in [1.165, 1.54) is 11.6 Å². The molecule has 3 aliphatic rings. The number of hydrogen-bond donors (Lipinski definition) is 2. The van der Waals surface area contributed by atoms with Gasteiger partial charge in [0, 0.05) is 37.9 Å². The van der Waals surface area contributed by atoms with E-state index in [-0.39, 0.29) is 28.5 Å². The molecule has 0 bridgehead atoms. The number of phenols is 1. The first-order valence-electron chi connectivity index (χ1n) is 13.7. The first-order valence-corrected chi connectivity index (χ1v) is 14.1. The average Bonchev–Trinajstić information content (AvgIpc) is 3.40. The van der Waals surface area contributed by atoms with E-state index in [4.69, 9.17) is 11.6 Å². The number of piperidine rings is 1. The summed E-state index contributed by atoms with van der Waals surface area (Å²) in [7, 11) is 0. The van der Waals surface area contributed by atoms with Gasteiger partial charge in [-0.3, -0.25) is 24.3 Å². The van der Waals surface area contributed by atoms with Crippen LogP contribution in [0.25, 0.3) is 0 Å². The van der Waals surface area contributed by atoms with Crippen LogP contribution in [0.3, 0.4) is 0 Å². The van der Waals surface area contributed by atoms with E-state index < -0.39 is 0 Å². The number of nitrogens with one attached hydrogen (secondary N) is 1. The lowest BCUT2D eigenvalue weighted by Gasteiger charge is -2.43. The molecule has 1 unspecified atom stereocenters. The summed E-state index contributed by atoms with van der Waals surface area (Å²) in [5.74, 6) is -0.110. The lowest BCUT2D eigenvalue weighted by molar-refractivity contribution is -0.137. The van der Waals surface area contributed by atoms with Crippen LogP contribution in [0.4, 0.5) is 5.69 Å². The fraction of sp³-hybridized carbons (Fsp3) is 0.517. The molecular weight excluding hydrogens is 502 g/mol. The molecule has 2 amide bonds. The zero-order valence-corrected chi connectivity index (χ0v) is 22.7. The van der Waals surface area contributed by atoms with Gasteiger partial charge in [-0.1, -0.05) is 41.9 Å². The van der Waals surface area contributed by atoms with Gasteiger partial charge < -0.3 is 15.3 Å². The van der Waals surface area contributed by atoms with Crippen LogP contribution in [0.15, 0.2) is 48.5 Å². The van der Waals surface area contributed by atoms with Crippen LogP contribution in [0, 0.1) is 5.92 Å². The normalized spacial score (nSPS) is 22.0. The minimum atomic E-state index is -0.172. The highest BCUT2D eigenvalue weighted by molar-refractivity contribution is 6.32. The Kier molecular flexibility index (Phi) is 8.84. The number of anilines is 1. The third-order valence-electron chi connectivity index (χ3n) is 8.12. The van der Waals surface area contributed by atoms with E-state index in [1.807, 2.05) is 4.90 Å². The highest BCUT2D eigenvalue weighted by Crippen LogP contribution is 2.27. The van der Waals surface area contributed by atoms with Crippen LogP contribution in [0.2, 0.25) is 5.02 Å². The van der Waals surface area contributed by atoms with Gasteiger partial charge in [-0.15, -0.1) is 0 Å². The number of amides is 2. The molecule has 204 valence electrons. The smallest absolute Gasteiger partial charge is 0.237 e. The van der Waals surface area contributed by atoms with Gasteiger partial charge in [0.25, 0.3) is 0 Å². The maximum absolute atomic E-state index is 13.2. The van der Waals surface area contributed by atoms with Gasteiger partial charge in [0.05, 0.1) is 24.2 Å². The Balaban J connectivity index is 1.05. The molecule has 0 aromatic heterocycles. The number of rotatable bonds is 7. The molecule has 0 spiro atoms. The lowest BCUT2D eigenvalue weighted by Crippen LogP contribution is -2.55. The summed E-state index contributed by atoms with van der Waals surface area (Å²) in [4.78, 5) is 35.1. The Morgan fingerprint density at radius 3 is 2.47 bits per heavy atom. The first-order chi connectivity index (χ1) is 18.4. The second-order valence-corrected chi connectivity index (χ2v) is 11.2. The largest absolute Gasteiger partial charge is 0.506 e. The molecule has 2 N–H and O–H groups in total. The van der Waals surface area contributed by atoms with Crippen molar-refractivity contribution in [3.63, 3.8) is 0 Å². The fourth-order valence-corrected chi connectivity index (χ4v) is 6.10. The van der Waals surface area contributed by atoms with Crippen LogP contribution in [-0.4, -0.2) is 95.0 Å². The quantitative estimate of drug-likeness (QED) is 0.525. The number of aromatic hydroxyl groups is 1. The second-order valence-electron chi connectivity index (χ2n) is 10.8. The number of hydrogen-bond acceptors (Lipinski definition) is 6. The maximum Gasteiger partial charge on any atom is 0.237 e. The van der Waals surface area contributed by atoms with E-state index in [2.05, 4.69) is 50.3 Å². The SMILES string of the molecule is O=C(Nc1ccc(O)c(Cl)c1)C1CCN(CC(=O)N2CCCN(C3CCN(Cc4ccccc4)CC3)C2)C1. The van der Waals surface area contributed by atoms with Crippen molar-refractivity contribution in [2.24, 2.45) is 5.92 Å². The van der Waals surface area contributed by atoms with Crippen molar-refractivity contribution < 1.29 is 14.7 Å². The molecule has 3 aliphatic heterocycles. The predicted molar refractivity (Wildman–Crippen MR) is 149 cm³/mol. The summed E-state index contributed by atoms with van der Waals surface area (Å²) in [6, 6.07) is 15.8. The molecule has 8 nitrogen and oxygen atoms in total.